The summed E-state index contributed by atoms with van der Waals surface area (Å²) in [7, 11) is 0. The van der Waals surface area contributed by atoms with Crippen LogP contribution < -0.4 is 5.32 Å². The Hall–Kier alpha value is -1.62. The number of halogens is 1. The number of hydrogen-bond acceptors (Lipinski definition) is 3. The first-order valence-corrected chi connectivity index (χ1v) is 8.01. The van der Waals surface area contributed by atoms with E-state index in [2.05, 4.69) is 26.2 Å². The third-order valence-electron chi connectivity index (χ3n) is 4.11. The summed E-state index contributed by atoms with van der Waals surface area (Å²) in [4.78, 5) is 16.9. The van der Waals surface area contributed by atoms with Crippen LogP contribution in [0.15, 0.2) is 39.5 Å². The van der Waals surface area contributed by atoms with E-state index in [1.165, 1.54) is 0 Å². The maximum absolute atomic E-state index is 12.5. The smallest absolute Gasteiger partial charge is 0.253 e. The Bertz CT molecular complexity index is 680. The predicted octanol–water partition coefficient (Wildman–Crippen LogP) is 3.60. The average Bonchev–Trinajstić information content (AvgIpc) is 3.39. The Morgan fingerprint density at radius 2 is 2.29 bits per heavy atom. The van der Waals surface area contributed by atoms with Gasteiger partial charge in [0.15, 0.2) is 0 Å². The summed E-state index contributed by atoms with van der Waals surface area (Å²) < 4.78 is 6.24. The molecular formula is C16H15BrN2O2. The molecule has 1 N–H and O–H groups in total. The second-order valence-corrected chi connectivity index (χ2v) is 6.71. The number of pyridine rings is 1. The van der Waals surface area contributed by atoms with E-state index < -0.39 is 0 Å². The van der Waals surface area contributed by atoms with Crippen molar-refractivity contribution >= 4 is 21.8 Å². The van der Waals surface area contributed by atoms with Crippen LogP contribution in [0.4, 0.5) is 0 Å². The van der Waals surface area contributed by atoms with Gasteiger partial charge in [0.1, 0.15) is 5.76 Å². The minimum atomic E-state index is -0.0234. The molecule has 2 aliphatic carbocycles. The highest BCUT2D eigenvalue weighted by Gasteiger charge is 2.42. The number of nitrogens with one attached hydrogen (secondary N) is 1. The number of hydrogen-bond donors (Lipinski definition) is 1. The summed E-state index contributed by atoms with van der Waals surface area (Å²) in [6.07, 6.45) is 6.66. The first-order valence-electron chi connectivity index (χ1n) is 7.22. The van der Waals surface area contributed by atoms with E-state index >= 15 is 0 Å². The Kier molecular flexibility index (Phi) is 3.10. The highest BCUT2D eigenvalue weighted by Crippen LogP contribution is 2.43. The van der Waals surface area contributed by atoms with Crippen molar-refractivity contribution < 1.29 is 9.21 Å². The van der Waals surface area contributed by atoms with Gasteiger partial charge in [0.2, 0.25) is 0 Å². The van der Waals surface area contributed by atoms with Crippen molar-refractivity contribution in [2.45, 2.75) is 37.1 Å². The number of aromatic nitrogens is 1. The van der Waals surface area contributed by atoms with Crippen LogP contribution in [-0.4, -0.2) is 16.9 Å². The van der Waals surface area contributed by atoms with Crippen LogP contribution in [-0.2, 0) is 0 Å². The van der Waals surface area contributed by atoms with Gasteiger partial charge in [-0.15, -0.1) is 0 Å². The van der Waals surface area contributed by atoms with Gasteiger partial charge in [-0.3, -0.25) is 9.78 Å². The lowest BCUT2D eigenvalue weighted by atomic mass is 10.1. The molecule has 2 aromatic rings. The topological polar surface area (TPSA) is 55.1 Å². The Morgan fingerprint density at radius 3 is 3.00 bits per heavy atom. The highest BCUT2D eigenvalue weighted by atomic mass is 79.9. The largest absolute Gasteiger partial charge is 0.469 e. The molecule has 0 bridgehead atoms. The molecule has 2 atom stereocenters. The van der Waals surface area contributed by atoms with Gasteiger partial charge in [-0.25, -0.2) is 0 Å². The number of nitrogens with zero attached hydrogens (tertiary/aromatic N) is 1. The predicted molar refractivity (Wildman–Crippen MR) is 81.2 cm³/mol. The fraction of sp³-hybridized carbons (Fsp3) is 0.375. The summed E-state index contributed by atoms with van der Waals surface area (Å²) >= 11 is 3.40. The molecule has 0 spiro atoms. The van der Waals surface area contributed by atoms with Crippen molar-refractivity contribution in [2.75, 3.05) is 0 Å². The quantitative estimate of drug-likeness (QED) is 0.919. The standard InChI is InChI=1S/C16H15BrN2O2/c17-10-6-12(15(18-8-10)9-3-4-9)16(20)19-13-7-11(13)14-2-1-5-21-14/h1-2,5-6,8-9,11,13H,3-4,7H2,(H,19,20)/t11-,13-/m1/s1. The third kappa shape index (κ3) is 2.62. The molecule has 5 heteroatoms. The molecule has 4 rings (SSSR count). The molecule has 21 heavy (non-hydrogen) atoms. The number of furan rings is 1. The molecule has 2 saturated carbocycles. The first kappa shape index (κ1) is 13.1. The van der Waals surface area contributed by atoms with Gasteiger partial charge in [-0.05, 0) is 53.4 Å². The minimum Gasteiger partial charge on any atom is -0.469 e. The molecule has 4 nitrogen and oxygen atoms in total. The fourth-order valence-electron chi connectivity index (χ4n) is 2.73. The van der Waals surface area contributed by atoms with Gasteiger partial charge >= 0.3 is 0 Å². The van der Waals surface area contributed by atoms with E-state index in [0.29, 0.717) is 17.4 Å². The summed E-state index contributed by atoms with van der Waals surface area (Å²) in [5.41, 5.74) is 1.64. The van der Waals surface area contributed by atoms with Crippen LogP contribution in [0.5, 0.6) is 0 Å². The maximum atomic E-state index is 12.5. The van der Waals surface area contributed by atoms with Gasteiger partial charge in [0.25, 0.3) is 5.91 Å². The molecule has 0 aromatic carbocycles. The first-order chi connectivity index (χ1) is 10.2. The summed E-state index contributed by atoms with van der Waals surface area (Å²) in [6, 6.07) is 5.90. The Labute approximate surface area is 131 Å². The molecule has 2 fully saturated rings. The molecule has 2 aliphatic rings. The lowest BCUT2D eigenvalue weighted by molar-refractivity contribution is 0.0948. The zero-order valence-electron chi connectivity index (χ0n) is 11.4. The van der Waals surface area contributed by atoms with Crippen molar-refractivity contribution in [3.8, 4) is 0 Å². The maximum Gasteiger partial charge on any atom is 0.253 e. The van der Waals surface area contributed by atoms with E-state index in [1.807, 2.05) is 18.2 Å². The van der Waals surface area contributed by atoms with Gasteiger partial charge in [-0.2, -0.15) is 0 Å². The summed E-state index contributed by atoms with van der Waals surface area (Å²) in [6.45, 7) is 0. The number of carbonyl (C=O) groups is 1. The van der Waals surface area contributed by atoms with E-state index in [4.69, 9.17) is 4.42 Å². The van der Waals surface area contributed by atoms with E-state index in [1.54, 1.807) is 12.5 Å². The molecule has 0 aliphatic heterocycles. The molecule has 0 radical (unpaired) electrons. The van der Waals surface area contributed by atoms with Crippen molar-refractivity contribution in [1.82, 2.24) is 10.3 Å². The van der Waals surface area contributed by atoms with Crippen LogP contribution in [0.25, 0.3) is 0 Å². The van der Waals surface area contributed by atoms with Crippen molar-refractivity contribution in [3.05, 3.63) is 52.1 Å². The second kappa shape index (κ2) is 4.98. The normalized spacial score (nSPS) is 23.9. The van der Waals surface area contributed by atoms with Crippen molar-refractivity contribution in [3.63, 3.8) is 0 Å². The monoisotopic (exact) mass is 346 g/mol. The van der Waals surface area contributed by atoms with E-state index in [0.717, 1.165) is 35.2 Å². The molecule has 2 heterocycles. The number of carbonyl (C=O) groups excluding carboxylic acids is 1. The SMILES string of the molecule is O=C(N[C@@H]1C[C@H]1c1ccco1)c1cc(Br)cnc1C1CC1. The number of rotatable bonds is 4. The average molecular weight is 347 g/mol. The summed E-state index contributed by atoms with van der Waals surface area (Å²) in [5, 5.41) is 3.10. The molecule has 0 unspecified atom stereocenters. The van der Waals surface area contributed by atoms with Crippen LogP contribution >= 0.6 is 15.9 Å². The van der Waals surface area contributed by atoms with E-state index in [9.17, 15) is 4.79 Å². The van der Waals surface area contributed by atoms with Gasteiger partial charge in [-0.1, -0.05) is 0 Å². The van der Waals surface area contributed by atoms with Crippen molar-refractivity contribution in [1.29, 1.82) is 0 Å². The lowest BCUT2D eigenvalue weighted by Crippen LogP contribution is -2.27. The minimum absolute atomic E-state index is 0.0234. The van der Waals surface area contributed by atoms with Crippen LogP contribution in [0.3, 0.4) is 0 Å². The van der Waals surface area contributed by atoms with Gasteiger partial charge in [0.05, 0.1) is 17.5 Å². The van der Waals surface area contributed by atoms with Gasteiger partial charge in [0, 0.05) is 28.5 Å². The van der Waals surface area contributed by atoms with Crippen LogP contribution in [0, 0.1) is 0 Å². The number of amides is 1. The zero-order chi connectivity index (χ0) is 14.4. The fourth-order valence-corrected chi connectivity index (χ4v) is 3.06. The van der Waals surface area contributed by atoms with Crippen LogP contribution in [0.2, 0.25) is 0 Å². The molecule has 1 amide bonds. The molecular weight excluding hydrogens is 332 g/mol. The Balaban J connectivity index is 1.50. The second-order valence-electron chi connectivity index (χ2n) is 5.80. The molecule has 2 aromatic heterocycles. The third-order valence-corrected chi connectivity index (χ3v) is 4.54. The Morgan fingerprint density at radius 1 is 1.43 bits per heavy atom. The van der Waals surface area contributed by atoms with Crippen LogP contribution in [0.1, 0.15) is 52.9 Å². The van der Waals surface area contributed by atoms with E-state index in [-0.39, 0.29) is 11.9 Å². The lowest BCUT2D eigenvalue weighted by Gasteiger charge is -2.09. The molecule has 0 saturated heterocycles. The zero-order valence-corrected chi connectivity index (χ0v) is 13.0. The van der Waals surface area contributed by atoms with Crippen molar-refractivity contribution in [2.24, 2.45) is 0 Å². The summed E-state index contributed by atoms with van der Waals surface area (Å²) in [5.74, 6) is 1.70. The van der Waals surface area contributed by atoms with Gasteiger partial charge < -0.3 is 9.73 Å². The molecule has 108 valence electrons. The highest BCUT2D eigenvalue weighted by molar-refractivity contribution is 9.10.